The number of aliphatic hydroxyl groups excluding tert-OH is 13. The van der Waals surface area contributed by atoms with Crippen molar-refractivity contribution >= 4 is 5.97 Å². The van der Waals surface area contributed by atoms with Gasteiger partial charge in [-0.1, -0.05) is 60.1 Å². The Morgan fingerprint density at radius 3 is 1.80 bits per heavy atom. The van der Waals surface area contributed by atoms with E-state index < -0.39 is 166 Å². The molecular weight excluding hydrogens is 989 g/mol. The van der Waals surface area contributed by atoms with Crippen molar-refractivity contribution in [2.45, 2.75) is 229 Å². The monoisotopic (exact) mass is 1070 g/mol. The van der Waals surface area contributed by atoms with Crippen LogP contribution in [-0.4, -0.2) is 222 Å². The smallest absolute Gasteiger partial charge is 0.315 e. The maximum Gasteiger partial charge on any atom is 0.315 e. The average molecular weight is 1080 g/mol. The summed E-state index contributed by atoms with van der Waals surface area (Å²) in [5, 5.41) is 138. The molecule has 0 aromatic rings. The second-order valence-electron chi connectivity index (χ2n) is 25.3. The van der Waals surface area contributed by atoms with E-state index in [0.717, 1.165) is 32.1 Å². The average Bonchev–Trinajstić information content (AvgIpc) is 3.38. The first-order valence-corrected chi connectivity index (χ1v) is 27.4. The van der Waals surface area contributed by atoms with Crippen LogP contribution in [0.5, 0.6) is 0 Å². The fourth-order valence-electron chi connectivity index (χ4n) is 16.5. The second kappa shape index (κ2) is 21.4. The molecular formula is C53H86O22. The van der Waals surface area contributed by atoms with E-state index in [1.165, 1.54) is 5.57 Å². The Labute approximate surface area is 437 Å². The van der Waals surface area contributed by atoms with Crippen LogP contribution in [0.3, 0.4) is 0 Å². The van der Waals surface area contributed by atoms with Crippen LogP contribution < -0.4 is 0 Å². The number of aliphatic hydroxyl groups is 13. The third-order valence-electron chi connectivity index (χ3n) is 21.4. The molecule has 13 N–H and O–H groups in total. The van der Waals surface area contributed by atoms with Gasteiger partial charge in [0.05, 0.1) is 37.9 Å². The van der Waals surface area contributed by atoms with Gasteiger partial charge in [-0.25, -0.2) is 0 Å². The number of carbonyl (C=O) groups is 1. The number of rotatable bonds is 11. The van der Waals surface area contributed by atoms with Gasteiger partial charge in [0.25, 0.3) is 0 Å². The Bertz CT molecular complexity index is 2040. The number of allylic oxidation sites excluding steroid dienone is 2. The van der Waals surface area contributed by atoms with E-state index in [1.807, 2.05) is 0 Å². The number of ether oxygens (including phenoxy) is 8. The van der Waals surface area contributed by atoms with Crippen molar-refractivity contribution in [1.29, 1.82) is 0 Å². The molecule has 9 aliphatic rings. The van der Waals surface area contributed by atoms with Crippen molar-refractivity contribution in [1.82, 2.24) is 0 Å². The maximum absolute atomic E-state index is 14.8. The first kappa shape index (κ1) is 58.1. The Kier molecular flexibility index (Phi) is 16.6. The van der Waals surface area contributed by atoms with Gasteiger partial charge in [0.15, 0.2) is 18.9 Å². The van der Waals surface area contributed by atoms with Gasteiger partial charge in [-0.3, -0.25) is 4.79 Å². The second-order valence-corrected chi connectivity index (χ2v) is 25.3. The molecule has 430 valence electrons. The van der Waals surface area contributed by atoms with Gasteiger partial charge in [-0.05, 0) is 109 Å². The van der Waals surface area contributed by atoms with E-state index in [9.17, 15) is 71.2 Å². The van der Waals surface area contributed by atoms with Crippen molar-refractivity contribution in [3.05, 3.63) is 11.6 Å². The molecule has 8 fully saturated rings. The van der Waals surface area contributed by atoms with Crippen molar-refractivity contribution < 1.29 is 109 Å². The molecule has 0 unspecified atom stereocenters. The lowest BCUT2D eigenvalue weighted by Crippen LogP contribution is -2.68. The van der Waals surface area contributed by atoms with Crippen LogP contribution in [0.15, 0.2) is 11.6 Å². The summed E-state index contributed by atoms with van der Waals surface area (Å²) < 4.78 is 48.8. The highest BCUT2D eigenvalue weighted by molar-refractivity contribution is 5.79. The standard InChI is InChI=1S/C53H86O22/c1-22-10-15-53(48(67)75-46-41(66)38(63)35(60)27(19-55)70-46)17-16-51(6)24(32(53)23(22)2)8-9-30-50(5)13-12-31(49(3,4)29(50)11-14-52(30,51)7)72-47-43(74-44-39(64)33(58)25(57)21-68-44)42(36(61)28(20-56)71-47)73-45-40(65)37(62)34(59)26(18-54)69-45/h8,22-23,25-47,54-66H,9-21H2,1-7H3/t22-,23+,25-,26-,27-,28-,29+,30-,31+,32+,33+,34-,35-,36-,37+,38+,39-,40-,41-,42+,43-,44+,45+,46+,47+,50+,51-,52-,53+/m1/s1. The largest absolute Gasteiger partial charge is 0.432 e. The Balaban J connectivity index is 0.989. The van der Waals surface area contributed by atoms with Crippen molar-refractivity contribution in [3.8, 4) is 0 Å². The molecule has 0 bridgehead atoms. The molecule has 0 amide bonds. The Morgan fingerprint density at radius 2 is 1.16 bits per heavy atom. The van der Waals surface area contributed by atoms with Gasteiger partial charge < -0.3 is 104 Å². The predicted octanol–water partition coefficient (Wildman–Crippen LogP) is -1.54. The molecule has 5 aliphatic carbocycles. The molecule has 4 heterocycles. The number of hydrogen-bond acceptors (Lipinski definition) is 22. The summed E-state index contributed by atoms with van der Waals surface area (Å²) >= 11 is 0. The zero-order chi connectivity index (χ0) is 54.6. The maximum atomic E-state index is 14.8. The SMILES string of the molecule is C[C@H]1[C@H](C)CC[C@]2(C(=O)O[C@@H]3O[C@H](CO)[C@@H](O)[C@H](O)[C@H]3O)CC[C@]3(C)C(=CC[C@@H]4[C@@]5(C)CC[C@H](O[C@@H]6O[C@H](CO)[C@@H](O)[C@H](O[C@@H]7O[C@H](CO)[C@@H](O)[C@H](O)[C@H]7O)[C@H]6O[C@@H]6OC[C@@H](O)[C@H](O)[C@H]6O)C(C)(C)[C@@H]5CC[C@]43C)[C@H]12. The predicted molar refractivity (Wildman–Crippen MR) is 257 cm³/mol. The highest BCUT2D eigenvalue weighted by atomic mass is 16.8. The molecule has 4 saturated carbocycles. The van der Waals surface area contributed by atoms with Crippen LogP contribution in [0.1, 0.15) is 106 Å². The summed E-state index contributed by atoms with van der Waals surface area (Å²) in [6, 6.07) is 0. The van der Waals surface area contributed by atoms with E-state index in [-0.39, 0.29) is 39.9 Å². The number of esters is 1. The molecule has 4 saturated heterocycles. The third-order valence-corrected chi connectivity index (χ3v) is 21.4. The number of hydrogen-bond donors (Lipinski definition) is 13. The zero-order valence-corrected chi connectivity index (χ0v) is 44.2. The van der Waals surface area contributed by atoms with Crippen molar-refractivity contribution in [3.63, 3.8) is 0 Å². The molecule has 0 aromatic heterocycles. The molecule has 29 atom stereocenters. The molecule has 0 radical (unpaired) electrons. The van der Waals surface area contributed by atoms with Crippen LogP contribution in [0.2, 0.25) is 0 Å². The van der Waals surface area contributed by atoms with E-state index in [0.29, 0.717) is 31.6 Å². The fraction of sp³-hybridized carbons (Fsp3) is 0.943. The minimum atomic E-state index is -1.90. The van der Waals surface area contributed by atoms with E-state index in [1.54, 1.807) is 0 Å². The Morgan fingerprint density at radius 1 is 0.587 bits per heavy atom. The molecule has 22 heteroatoms. The van der Waals surface area contributed by atoms with Gasteiger partial charge in [0.1, 0.15) is 91.6 Å². The minimum Gasteiger partial charge on any atom is -0.432 e. The molecule has 75 heavy (non-hydrogen) atoms. The molecule has 0 aromatic carbocycles. The zero-order valence-electron chi connectivity index (χ0n) is 44.2. The fourth-order valence-corrected chi connectivity index (χ4v) is 16.5. The lowest BCUT2D eigenvalue weighted by atomic mass is 9.33. The van der Waals surface area contributed by atoms with Crippen molar-refractivity contribution in [2.24, 2.45) is 56.7 Å². The summed E-state index contributed by atoms with van der Waals surface area (Å²) in [7, 11) is 0. The summed E-state index contributed by atoms with van der Waals surface area (Å²) in [5.74, 6) is -0.0321. The van der Waals surface area contributed by atoms with Crippen LogP contribution in [0.25, 0.3) is 0 Å². The Hall–Kier alpha value is -1.59. The van der Waals surface area contributed by atoms with Gasteiger partial charge in [-0.2, -0.15) is 0 Å². The van der Waals surface area contributed by atoms with E-state index >= 15 is 0 Å². The summed E-state index contributed by atoms with van der Waals surface area (Å²) in [6.07, 6.45) is -22.7. The summed E-state index contributed by atoms with van der Waals surface area (Å²) in [5.41, 5.74) is -1.03. The van der Waals surface area contributed by atoms with Crippen LogP contribution in [0, 0.1) is 56.7 Å². The van der Waals surface area contributed by atoms with Crippen LogP contribution in [-0.2, 0) is 42.7 Å². The molecule has 9 rings (SSSR count). The highest BCUT2D eigenvalue weighted by Gasteiger charge is 2.71. The van der Waals surface area contributed by atoms with E-state index in [2.05, 4.69) is 54.5 Å². The molecule has 4 aliphatic heterocycles. The van der Waals surface area contributed by atoms with E-state index in [4.69, 9.17) is 37.9 Å². The number of fused-ring (bicyclic) bond motifs is 7. The first-order chi connectivity index (χ1) is 35.3. The van der Waals surface area contributed by atoms with Crippen LogP contribution >= 0.6 is 0 Å². The van der Waals surface area contributed by atoms with Gasteiger partial charge in [0.2, 0.25) is 6.29 Å². The normalized spacial score (nSPS) is 54.8. The highest BCUT2D eigenvalue weighted by Crippen LogP contribution is 2.76. The third kappa shape index (κ3) is 9.31. The summed E-state index contributed by atoms with van der Waals surface area (Å²) in [4.78, 5) is 14.8. The lowest BCUT2D eigenvalue weighted by molar-refractivity contribution is -0.395. The summed E-state index contributed by atoms with van der Waals surface area (Å²) in [6.45, 7) is 13.3. The molecule has 0 spiro atoms. The quantitative estimate of drug-likeness (QED) is 0.0633. The van der Waals surface area contributed by atoms with Crippen LogP contribution in [0.4, 0.5) is 0 Å². The topological polar surface area (TPSA) is 354 Å². The van der Waals surface area contributed by atoms with Crippen molar-refractivity contribution in [2.75, 3.05) is 26.4 Å². The van der Waals surface area contributed by atoms with Gasteiger partial charge in [-0.15, -0.1) is 0 Å². The van der Waals surface area contributed by atoms with Gasteiger partial charge in [0, 0.05) is 0 Å². The minimum absolute atomic E-state index is 0.0775. The van der Waals surface area contributed by atoms with Gasteiger partial charge >= 0.3 is 5.97 Å². The number of carbonyl (C=O) groups excluding carboxylic acids is 1. The first-order valence-electron chi connectivity index (χ1n) is 27.4. The lowest BCUT2D eigenvalue weighted by Gasteiger charge is -2.71. The molecule has 22 nitrogen and oxygen atoms in total.